The van der Waals surface area contributed by atoms with Crippen LogP contribution in [0.15, 0.2) is 28.4 Å². The maximum Gasteiger partial charge on any atom is 0.268 e. The Bertz CT molecular complexity index is 999. The van der Waals surface area contributed by atoms with Gasteiger partial charge in [-0.15, -0.1) is 11.3 Å². The Balaban J connectivity index is 1.67. The number of carbonyl (C=O) groups is 1. The van der Waals surface area contributed by atoms with Gasteiger partial charge in [-0.25, -0.2) is 4.98 Å². The summed E-state index contributed by atoms with van der Waals surface area (Å²) in [6, 6.07) is 5.86. The van der Waals surface area contributed by atoms with Crippen molar-refractivity contribution >= 4 is 27.5 Å². The van der Waals surface area contributed by atoms with Crippen molar-refractivity contribution in [3.8, 4) is 5.75 Å². The van der Waals surface area contributed by atoms with Crippen molar-refractivity contribution in [3.63, 3.8) is 0 Å². The van der Waals surface area contributed by atoms with Crippen LogP contribution in [0.5, 0.6) is 5.75 Å². The fourth-order valence-electron chi connectivity index (χ4n) is 2.95. The zero-order chi connectivity index (χ0) is 18.8. The van der Waals surface area contributed by atoms with E-state index in [1.807, 2.05) is 38.3 Å². The molecule has 0 fully saturated rings. The highest BCUT2D eigenvalue weighted by Crippen LogP contribution is 2.24. The fraction of sp³-hybridized carbons (Fsp3) is 0.316. The lowest BCUT2D eigenvalue weighted by Crippen LogP contribution is -2.32. The molecule has 0 radical (unpaired) electrons. The number of nitrogens with zero attached hydrogens (tertiary/aromatic N) is 2. The molecule has 0 atom stereocenters. The van der Waals surface area contributed by atoms with Crippen LogP contribution in [0.4, 0.5) is 0 Å². The van der Waals surface area contributed by atoms with E-state index in [2.05, 4.69) is 9.97 Å². The zero-order valence-corrected chi connectivity index (χ0v) is 16.1. The monoisotopic (exact) mass is 371 g/mol. The first-order valence-electron chi connectivity index (χ1n) is 8.26. The Morgan fingerprint density at radius 3 is 2.65 bits per heavy atom. The standard InChI is InChI=1S/C19H21N3O3S/c1-11-7-12(2)17(13(3)8-11)25-10-16(23)22(4)9-15-20-14-5-6-26-18(14)19(24)21-15/h5-8H,9-10H2,1-4H3,(H,20,21,24). The number of carbonyl (C=O) groups excluding carboxylic acids is 1. The Kier molecular flexibility index (Phi) is 5.08. The molecule has 0 aliphatic carbocycles. The van der Waals surface area contributed by atoms with Gasteiger partial charge in [0.15, 0.2) is 6.61 Å². The number of benzene rings is 1. The SMILES string of the molecule is Cc1cc(C)c(OCC(=O)N(C)Cc2nc3ccsc3c(=O)[nH]2)c(C)c1. The molecule has 136 valence electrons. The number of aromatic amines is 1. The summed E-state index contributed by atoms with van der Waals surface area (Å²) in [5.41, 5.74) is 3.65. The molecule has 0 aliphatic heterocycles. The lowest BCUT2D eigenvalue weighted by Gasteiger charge is -2.18. The van der Waals surface area contributed by atoms with Gasteiger partial charge in [0.1, 0.15) is 16.3 Å². The van der Waals surface area contributed by atoms with E-state index in [1.165, 1.54) is 16.2 Å². The van der Waals surface area contributed by atoms with Gasteiger partial charge >= 0.3 is 0 Å². The quantitative estimate of drug-likeness (QED) is 0.748. The van der Waals surface area contributed by atoms with E-state index in [9.17, 15) is 9.59 Å². The number of H-pyrrole nitrogens is 1. The highest BCUT2D eigenvalue weighted by molar-refractivity contribution is 7.17. The number of aryl methyl sites for hydroxylation is 3. The van der Waals surface area contributed by atoms with Crippen LogP contribution >= 0.6 is 11.3 Å². The maximum atomic E-state index is 12.4. The molecule has 1 amide bonds. The van der Waals surface area contributed by atoms with E-state index in [0.717, 1.165) is 22.4 Å². The second-order valence-electron chi connectivity index (χ2n) is 6.41. The summed E-state index contributed by atoms with van der Waals surface area (Å²) < 4.78 is 6.34. The molecular formula is C19H21N3O3S. The second kappa shape index (κ2) is 7.29. The summed E-state index contributed by atoms with van der Waals surface area (Å²) in [6.45, 7) is 6.12. The highest BCUT2D eigenvalue weighted by atomic mass is 32.1. The first-order valence-corrected chi connectivity index (χ1v) is 9.14. The summed E-state index contributed by atoms with van der Waals surface area (Å²) in [5, 5.41) is 1.83. The molecule has 2 aromatic heterocycles. The largest absolute Gasteiger partial charge is 0.483 e. The fourth-order valence-corrected chi connectivity index (χ4v) is 3.67. The Labute approximate surface area is 155 Å². The number of hydrogen-bond acceptors (Lipinski definition) is 5. The third kappa shape index (κ3) is 3.77. The van der Waals surface area contributed by atoms with E-state index < -0.39 is 0 Å². The molecule has 3 aromatic rings. The second-order valence-corrected chi connectivity index (χ2v) is 7.33. The molecule has 0 saturated carbocycles. The average molecular weight is 371 g/mol. The van der Waals surface area contributed by atoms with Crippen LogP contribution < -0.4 is 10.3 Å². The molecule has 0 saturated heterocycles. The molecule has 0 bridgehead atoms. The van der Waals surface area contributed by atoms with Crippen molar-refractivity contribution in [3.05, 3.63) is 56.4 Å². The number of ether oxygens (including phenoxy) is 1. The third-order valence-corrected chi connectivity index (χ3v) is 5.02. The predicted molar refractivity (Wildman–Crippen MR) is 103 cm³/mol. The molecule has 1 N–H and O–H groups in total. The summed E-state index contributed by atoms with van der Waals surface area (Å²) in [4.78, 5) is 33.0. The van der Waals surface area contributed by atoms with Crippen molar-refractivity contribution < 1.29 is 9.53 Å². The average Bonchev–Trinajstić information content (AvgIpc) is 3.02. The maximum absolute atomic E-state index is 12.4. The minimum atomic E-state index is -0.183. The molecule has 26 heavy (non-hydrogen) atoms. The number of aromatic nitrogens is 2. The topological polar surface area (TPSA) is 75.3 Å². The van der Waals surface area contributed by atoms with Crippen molar-refractivity contribution in [2.45, 2.75) is 27.3 Å². The van der Waals surface area contributed by atoms with Crippen LogP contribution in [0.3, 0.4) is 0 Å². The van der Waals surface area contributed by atoms with Crippen molar-refractivity contribution in [2.75, 3.05) is 13.7 Å². The van der Waals surface area contributed by atoms with Gasteiger partial charge in [-0.2, -0.15) is 0 Å². The highest BCUT2D eigenvalue weighted by Gasteiger charge is 2.14. The van der Waals surface area contributed by atoms with Gasteiger partial charge in [-0.3, -0.25) is 9.59 Å². The molecule has 3 rings (SSSR count). The molecule has 1 aromatic carbocycles. The minimum absolute atomic E-state index is 0.0633. The summed E-state index contributed by atoms with van der Waals surface area (Å²) in [6.07, 6.45) is 0. The summed E-state index contributed by atoms with van der Waals surface area (Å²) in [7, 11) is 1.67. The normalized spacial score (nSPS) is 10.9. The number of fused-ring (bicyclic) bond motifs is 1. The van der Waals surface area contributed by atoms with Crippen molar-refractivity contribution in [1.82, 2.24) is 14.9 Å². The van der Waals surface area contributed by atoms with E-state index in [-0.39, 0.29) is 24.6 Å². The number of hydrogen-bond donors (Lipinski definition) is 1. The number of rotatable bonds is 5. The lowest BCUT2D eigenvalue weighted by atomic mass is 10.1. The summed E-state index contributed by atoms with van der Waals surface area (Å²) >= 11 is 1.35. The molecule has 2 heterocycles. The number of nitrogens with one attached hydrogen (secondary N) is 1. The molecule has 0 aliphatic rings. The smallest absolute Gasteiger partial charge is 0.268 e. The van der Waals surface area contributed by atoms with Crippen LogP contribution in [0, 0.1) is 20.8 Å². The van der Waals surface area contributed by atoms with Gasteiger partial charge in [0.25, 0.3) is 11.5 Å². The lowest BCUT2D eigenvalue weighted by molar-refractivity contribution is -0.132. The van der Waals surface area contributed by atoms with Gasteiger partial charge in [0.2, 0.25) is 0 Å². The van der Waals surface area contributed by atoms with E-state index in [1.54, 1.807) is 13.1 Å². The number of amides is 1. The van der Waals surface area contributed by atoms with Crippen LogP contribution in [0.2, 0.25) is 0 Å². The third-order valence-electron chi connectivity index (χ3n) is 4.12. The Hall–Kier alpha value is -2.67. The van der Waals surface area contributed by atoms with Crippen molar-refractivity contribution in [1.29, 1.82) is 0 Å². The van der Waals surface area contributed by atoms with E-state index in [4.69, 9.17) is 4.74 Å². The van der Waals surface area contributed by atoms with E-state index in [0.29, 0.717) is 16.0 Å². The van der Waals surface area contributed by atoms with Gasteiger partial charge < -0.3 is 14.6 Å². The van der Waals surface area contributed by atoms with Crippen LogP contribution in [-0.2, 0) is 11.3 Å². The molecule has 0 unspecified atom stereocenters. The molecule has 0 spiro atoms. The van der Waals surface area contributed by atoms with E-state index >= 15 is 0 Å². The van der Waals surface area contributed by atoms with Gasteiger partial charge in [-0.1, -0.05) is 17.7 Å². The molecule has 7 heteroatoms. The molecular weight excluding hydrogens is 350 g/mol. The molecule has 6 nitrogen and oxygen atoms in total. The zero-order valence-electron chi connectivity index (χ0n) is 15.3. The van der Waals surface area contributed by atoms with Gasteiger partial charge in [-0.05, 0) is 43.3 Å². The number of thiophene rings is 1. The first-order chi connectivity index (χ1) is 12.3. The number of likely N-dealkylation sites (N-methyl/N-ethyl adjacent to an activating group) is 1. The minimum Gasteiger partial charge on any atom is -0.483 e. The van der Waals surface area contributed by atoms with Gasteiger partial charge in [0, 0.05) is 7.05 Å². The first kappa shape index (κ1) is 18.1. The van der Waals surface area contributed by atoms with Crippen LogP contribution in [0.1, 0.15) is 22.5 Å². The van der Waals surface area contributed by atoms with Crippen LogP contribution in [-0.4, -0.2) is 34.4 Å². The van der Waals surface area contributed by atoms with Crippen molar-refractivity contribution in [2.24, 2.45) is 0 Å². The Morgan fingerprint density at radius 2 is 1.96 bits per heavy atom. The van der Waals surface area contributed by atoms with Crippen LogP contribution in [0.25, 0.3) is 10.2 Å². The summed E-state index contributed by atoms with van der Waals surface area (Å²) in [5.74, 6) is 1.01. The predicted octanol–water partition coefficient (Wildman–Crippen LogP) is 2.95. The van der Waals surface area contributed by atoms with Gasteiger partial charge in [0.05, 0.1) is 12.1 Å². The Morgan fingerprint density at radius 1 is 1.27 bits per heavy atom.